The molecule has 0 saturated carbocycles. The van der Waals surface area contributed by atoms with E-state index in [9.17, 15) is 0 Å². The Kier molecular flexibility index (Phi) is 4.62. The molecule has 2 aliphatic heterocycles. The molecule has 0 aromatic heterocycles. The summed E-state index contributed by atoms with van der Waals surface area (Å²) in [6, 6.07) is 1.31. The summed E-state index contributed by atoms with van der Waals surface area (Å²) in [5.74, 6) is 0. The SMILES string of the molecule is CC(C)NC1CCN(CC2CCCCO2)C1. The first kappa shape index (κ1) is 12.3. The molecule has 16 heavy (non-hydrogen) atoms. The Balaban J connectivity index is 1.67. The largest absolute Gasteiger partial charge is 0.377 e. The first-order valence-electron chi connectivity index (χ1n) is 6.84. The molecule has 2 heterocycles. The molecule has 3 heteroatoms. The number of ether oxygens (including phenoxy) is 1. The normalized spacial score (nSPS) is 32.4. The second-order valence-corrected chi connectivity index (χ2v) is 5.56. The molecule has 1 N–H and O–H groups in total. The number of nitrogens with zero attached hydrogens (tertiary/aromatic N) is 1. The quantitative estimate of drug-likeness (QED) is 0.788. The van der Waals surface area contributed by atoms with Crippen LogP contribution in [0.15, 0.2) is 0 Å². The summed E-state index contributed by atoms with van der Waals surface area (Å²) in [7, 11) is 0. The van der Waals surface area contributed by atoms with Crippen molar-refractivity contribution in [2.24, 2.45) is 0 Å². The van der Waals surface area contributed by atoms with E-state index in [1.165, 1.54) is 38.8 Å². The van der Waals surface area contributed by atoms with Crippen LogP contribution in [0.25, 0.3) is 0 Å². The van der Waals surface area contributed by atoms with Crippen LogP contribution in [-0.4, -0.2) is 49.3 Å². The van der Waals surface area contributed by atoms with E-state index >= 15 is 0 Å². The maximum Gasteiger partial charge on any atom is 0.0702 e. The van der Waals surface area contributed by atoms with Crippen LogP contribution in [0.4, 0.5) is 0 Å². The third kappa shape index (κ3) is 3.72. The lowest BCUT2D eigenvalue weighted by Gasteiger charge is -2.27. The van der Waals surface area contributed by atoms with E-state index in [2.05, 4.69) is 24.1 Å². The van der Waals surface area contributed by atoms with Crippen LogP contribution in [0.5, 0.6) is 0 Å². The van der Waals surface area contributed by atoms with Crippen molar-refractivity contribution in [1.82, 2.24) is 10.2 Å². The van der Waals surface area contributed by atoms with Crippen molar-refractivity contribution in [1.29, 1.82) is 0 Å². The van der Waals surface area contributed by atoms with Gasteiger partial charge in [-0.05, 0) is 32.2 Å². The Labute approximate surface area is 99.5 Å². The topological polar surface area (TPSA) is 24.5 Å². The first-order chi connectivity index (χ1) is 7.74. The maximum absolute atomic E-state index is 5.79. The van der Waals surface area contributed by atoms with Gasteiger partial charge in [-0.3, -0.25) is 4.90 Å². The zero-order valence-corrected chi connectivity index (χ0v) is 10.7. The van der Waals surface area contributed by atoms with Crippen LogP contribution in [0, 0.1) is 0 Å². The minimum Gasteiger partial charge on any atom is -0.377 e. The Morgan fingerprint density at radius 1 is 1.31 bits per heavy atom. The zero-order chi connectivity index (χ0) is 11.4. The smallest absolute Gasteiger partial charge is 0.0702 e. The van der Waals surface area contributed by atoms with Crippen LogP contribution in [0.3, 0.4) is 0 Å². The van der Waals surface area contributed by atoms with Crippen molar-refractivity contribution < 1.29 is 4.74 Å². The Bertz CT molecular complexity index is 202. The average Bonchev–Trinajstić information content (AvgIpc) is 2.66. The van der Waals surface area contributed by atoms with Gasteiger partial charge in [-0.25, -0.2) is 0 Å². The molecule has 2 saturated heterocycles. The lowest BCUT2D eigenvalue weighted by Crippen LogP contribution is -2.39. The van der Waals surface area contributed by atoms with E-state index in [1.807, 2.05) is 0 Å². The molecule has 0 aliphatic carbocycles. The summed E-state index contributed by atoms with van der Waals surface area (Å²) in [6.07, 6.45) is 5.68. The van der Waals surface area contributed by atoms with Crippen molar-refractivity contribution in [2.75, 3.05) is 26.2 Å². The molecule has 2 rings (SSSR count). The minimum absolute atomic E-state index is 0.506. The molecule has 2 fully saturated rings. The van der Waals surface area contributed by atoms with Crippen molar-refractivity contribution in [2.45, 2.75) is 57.7 Å². The van der Waals surface area contributed by atoms with Crippen LogP contribution in [-0.2, 0) is 4.74 Å². The fourth-order valence-electron chi connectivity index (χ4n) is 2.85. The summed E-state index contributed by atoms with van der Waals surface area (Å²) in [5, 5.41) is 3.63. The number of hydrogen-bond donors (Lipinski definition) is 1. The molecule has 3 nitrogen and oxygen atoms in total. The molecule has 0 bridgehead atoms. The summed E-state index contributed by atoms with van der Waals surface area (Å²) in [6.45, 7) is 9.03. The van der Waals surface area contributed by atoms with Gasteiger partial charge in [0, 0.05) is 31.8 Å². The van der Waals surface area contributed by atoms with Crippen molar-refractivity contribution in [3.63, 3.8) is 0 Å². The first-order valence-corrected chi connectivity index (χ1v) is 6.84. The van der Waals surface area contributed by atoms with E-state index in [1.54, 1.807) is 0 Å². The molecule has 0 aromatic carbocycles. The van der Waals surface area contributed by atoms with Gasteiger partial charge in [0.2, 0.25) is 0 Å². The Hall–Kier alpha value is -0.120. The van der Waals surface area contributed by atoms with E-state index in [-0.39, 0.29) is 0 Å². The minimum atomic E-state index is 0.506. The molecule has 94 valence electrons. The van der Waals surface area contributed by atoms with Gasteiger partial charge in [-0.1, -0.05) is 13.8 Å². The summed E-state index contributed by atoms with van der Waals surface area (Å²) >= 11 is 0. The number of likely N-dealkylation sites (tertiary alicyclic amines) is 1. The van der Waals surface area contributed by atoms with Crippen molar-refractivity contribution in [3.8, 4) is 0 Å². The predicted molar refractivity (Wildman–Crippen MR) is 66.7 cm³/mol. The fraction of sp³-hybridized carbons (Fsp3) is 1.00. The van der Waals surface area contributed by atoms with Crippen LogP contribution < -0.4 is 5.32 Å². The second kappa shape index (κ2) is 5.99. The van der Waals surface area contributed by atoms with E-state index in [4.69, 9.17) is 4.74 Å². The Morgan fingerprint density at radius 3 is 2.88 bits per heavy atom. The van der Waals surface area contributed by atoms with Crippen LogP contribution >= 0.6 is 0 Å². The molecular formula is C13H26N2O. The third-order valence-electron chi connectivity index (χ3n) is 3.58. The molecule has 0 spiro atoms. The van der Waals surface area contributed by atoms with Gasteiger partial charge in [0.05, 0.1) is 6.10 Å². The average molecular weight is 226 g/mol. The Morgan fingerprint density at radius 2 is 2.19 bits per heavy atom. The van der Waals surface area contributed by atoms with Crippen molar-refractivity contribution in [3.05, 3.63) is 0 Å². The summed E-state index contributed by atoms with van der Waals surface area (Å²) in [5.41, 5.74) is 0. The van der Waals surface area contributed by atoms with Gasteiger partial charge >= 0.3 is 0 Å². The predicted octanol–water partition coefficient (Wildman–Crippen LogP) is 1.63. The lowest BCUT2D eigenvalue weighted by atomic mass is 10.1. The van der Waals surface area contributed by atoms with E-state index in [0.29, 0.717) is 18.2 Å². The van der Waals surface area contributed by atoms with Crippen molar-refractivity contribution >= 4 is 0 Å². The maximum atomic E-state index is 5.79. The van der Waals surface area contributed by atoms with Gasteiger partial charge in [-0.2, -0.15) is 0 Å². The highest BCUT2D eigenvalue weighted by Crippen LogP contribution is 2.17. The number of rotatable bonds is 4. The molecule has 2 unspecified atom stereocenters. The highest BCUT2D eigenvalue weighted by molar-refractivity contribution is 4.83. The summed E-state index contributed by atoms with van der Waals surface area (Å²) < 4.78 is 5.79. The van der Waals surface area contributed by atoms with Crippen LogP contribution in [0.1, 0.15) is 39.5 Å². The van der Waals surface area contributed by atoms with E-state index in [0.717, 1.165) is 13.2 Å². The summed E-state index contributed by atoms with van der Waals surface area (Å²) in [4.78, 5) is 2.57. The second-order valence-electron chi connectivity index (χ2n) is 5.56. The van der Waals surface area contributed by atoms with Gasteiger partial charge in [0.15, 0.2) is 0 Å². The third-order valence-corrected chi connectivity index (χ3v) is 3.58. The monoisotopic (exact) mass is 226 g/mol. The molecule has 2 aliphatic rings. The molecular weight excluding hydrogens is 200 g/mol. The number of nitrogens with one attached hydrogen (secondary N) is 1. The number of hydrogen-bond acceptors (Lipinski definition) is 3. The van der Waals surface area contributed by atoms with E-state index < -0.39 is 0 Å². The molecule has 0 radical (unpaired) electrons. The van der Waals surface area contributed by atoms with Gasteiger partial charge in [-0.15, -0.1) is 0 Å². The van der Waals surface area contributed by atoms with Crippen LogP contribution in [0.2, 0.25) is 0 Å². The molecule has 0 aromatic rings. The fourth-order valence-corrected chi connectivity index (χ4v) is 2.85. The highest BCUT2D eigenvalue weighted by atomic mass is 16.5. The van der Waals surface area contributed by atoms with Gasteiger partial charge < -0.3 is 10.1 Å². The highest BCUT2D eigenvalue weighted by Gasteiger charge is 2.25. The lowest BCUT2D eigenvalue weighted by molar-refractivity contribution is -0.00214. The zero-order valence-electron chi connectivity index (χ0n) is 10.7. The molecule has 2 atom stereocenters. The standard InChI is InChI=1S/C13H26N2O/c1-11(2)14-12-6-7-15(9-12)10-13-5-3-4-8-16-13/h11-14H,3-10H2,1-2H3. The van der Waals surface area contributed by atoms with Gasteiger partial charge in [0.1, 0.15) is 0 Å². The molecule has 0 amide bonds. The van der Waals surface area contributed by atoms with Gasteiger partial charge in [0.25, 0.3) is 0 Å².